The van der Waals surface area contributed by atoms with E-state index in [1.807, 2.05) is 6.92 Å². The molecule has 3 atom stereocenters. The van der Waals surface area contributed by atoms with Crippen molar-refractivity contribution < 1.29 is 13.9 Å². The summed E-state index contributed by atoms with van der Waals surface area (Å²) < 4.78 is 18.1. The van der Waals surface area contributed by atoms with Gasteiger partial charge in [0.25, 0.3) is 0 Å². The predicted molar refractivity (Wildman–Crippen MR) is 48.0 cm³/mol. The van der Waals surface area contributed by atoms with Crippen molar-refractivity contribution in [1.82, 2.24) is 0 Å². The first-order chi connectivity index (χ1) is 6.15. The molecule has 1 aliphatic rings. The fourth-order valence-electron chi connectivity index (χ4n) is 1.74. The molecule has 1 rings (SSSR count). The Labute approximate surface area is 78.5 Å². The molecule has 0 aromatic rings. The smallest absolute Gasteiger partial charge is 0.309 e. The summed E-state index contributed by atoms with van der Waals surface area (Å²) in [6.45, 7) is 4.06. The molecule has 0 radical (unpaired) electrons. The van der Waals surface area contributed by atoms with Gasteiger partial charge in [-0.15, -0.1) is 0 Å². The van der Waals surface area contributed by atoms with E-state index < -0.39 is 6.17 Å². The molecule has 1 fully saturated rings. The largest absolute Gasteiger partial charge is 0.466 e. The van der Waals surface area contributed by atoms with Crippen LogP contribution in [0.3, 0.4) is 0 Å². The Hall–Kier alpha value is -0.600. The molecule has 0 N–H and O–H groups in total. The lowest BCUT2D eigenvalue weighted by atomic mass is 9.82. The van der Waals surface area contributed by atoms with Crippen LogP contribution in [0.4, 0.5) is 4.39 Å². The zero-order valence-corrected chi connectivity index (χ0v) is 8.25. The number of esters is 1. The fraction of sp³-hybridized carbons (Fsp3) is 0.900. The lowest BCUT2D eigenvalue weighted by Gasteiger charge is -2.27. The molecule has 0 saturated heterocycles. The quantitative estimate of drug-likeness (QED) is 0.622. The number of carbonyl (C=O) groups is 1. The summed E-state index contributed by atoms with van der Waals surface area (Å²) in [5.74, 6) is -0.325. The van der Waals surface area contributed by atoms with Crippen molar-refractivity contribution in [3.63, 3.8) is 0 Å². The van der Waals surface area contributed by atoms with Crippen LogP contribution >= 0.6 is 0 Å². The van der Waals surface area contributed by atoms with Gasteiger partial charge in [-0.25, -0.2) is 4.39 Å². The Morgan fingerprint density at radius 1 is 1.54 bits per heavy atom. The van der Waals surface area contributed by atoms with Crippen LogP contribution in [0.2, 0.25) is 0 Å². The zero-order valence-electron chi connectivity index (χ0n) is 8.25. The van der Waals surface area contributed by atoms with Gasteiger partial charge in [-0.3, -0.25) is 4.79 Å². The van der Waals surface area contributed by atoms with Crippen LogP contribution in [-0.4, -0.2) is 18.7 Å². The summed E-state index contributed by atoms with van der Waals surface area (Å²) in [4.78, 5) is 11.3. The molecule has 0 aliphatic heterocycles. The molecule has 0 bridgehead atoms. The van der Waals surface area contributed by atoms with Crippen LogP contribution in [0, 0.1) is 11.8 Å². The third-order valence-electron chi connectivity index (χ3n) is 2.72. The highest BCUT2D eigenvalue weighted by atomic mass is 19.1. The minimum atomic E-state index is -0.830. The molecular formula is C10H17FO2. The molecule has 0 aromatic carbocycles. The summed E-state index contributed by atoms with van der Waals surface area (Å²) in [7, 11) is 0. The number of alkyl halides is 1. The van der Waals surface area contributed by atoms with Crippen molar-refractivity contribution in [1.29, 1.82) is 0 Å². The van der Waals surface area contributed by atoms with Crippen molar-refractivity contribution in [3.05, 3.63) is 0 Å². The third-order valence-corrected chi connectivity index (χ3v) is 2.72. The monoisotopic (exact) mass is 188 g/mol. The predicted octanol–water partition coefficient (Wildman–Crippen LogP) is 2.32. The van der Waals surface area contributed by atoms with Gasteiger partial charge in [-0.05, 0) is 32.1 Å². The zero-order chi connectivity index (χ0) is 9.84. The van der Waals surface area contributed by atoms with Crippen LogP contribution < -0.4 is 0 Å². The van der Waals surface area contributed by atoms with E-state index in [1.54, 1.807) is 6.92 Å². The molecule has 3 heteroatoms. The SMILES string of the molecule is CCOC(=O)C1CCC(C)C(F)C1. The molecule has 0 aromatic heterocycles. The van der Waals surface area contributed by atoms with E-state index in [2.05, 4.69) is 0 Å². The van der Waals surface area contributed by atoms with Gasteiger partial charge < -0.3 is 4.74 Å². The molecule has 0 amide bonds. The number of carbonyl (C=O) groups excluding carboxylic acids is 1. The highest BCUT2D eigenvalue weighted by Crippen LogP contribution is 2.31. The first-order valence-corrected chi connectivity index (χ1v) is 4.95. The number of hydrogen-bond donors (Lipinski definition) is 0. The van der Waals surface area contributed by atoms with E-state index in [0.29, 0.717) is 13.0 Å². The topological polar surface area (TPSA) is 26.3 Å². The summed E-state index contributed by atoms with van der Waals surface area (Å²) in [6.07, 6.45) is 1.09. The second kappa shape index (κ2) is 4.58. The molecule has 76 valence electrons. The minimum Gasteiger partial charge on any atom is -0.466 e. The lowest BCUT2D eigenvalue weighted by molar-refractivity contribution is -0.150. The average Bonchev–Trinajstić information content (AvgIpc) is 2.10. The first kappa shape index (κ1) is 10.5. The Bertz CT molecular complexity index is 182. The van der Waals surface area contributed by atoms with Gasteiger partial charge in [0.2, 0.25) is 0 Å². The Kier molecular flexibility index (Phi) is 3.70. The molecule has 2 nitrogen and oxygen atoms in total. The average molecular weight is 188 g/mol. The third kappa shape index (κ3) is 2.68. The van der Waals surface area contributed by atoms with Gasteiger partial charge >= 0.3 is 5.97 Å². The summed E-state index contributed by atoms with van der Waals surface area (Å²) >= 11 is 0. The minimum absolute atomic E-state index is 0.102. The first-order valence-electron chi connectivity index (χ1n) is 4.95. The van der Waals surface area contributed by atoms with E-state index in [4.69, 9.17) is 4.74 Å². The van der Waals surface area contributed by atoms with Gasteiger partial charge in [0, 0.05) is 0 Å². The Balaban J connectivity index is 2.40. The van der Waals surface area contributed by atoms with Gasteiger partial charge in [-0.2, -0.15) is 0 Å². The Morgan fingerprint density at radius 2 is 2.23 bits per heavy atom. The fourth-order valence-corrected chi connectivity index (χ4v) is 1.74. The lowest BCUT2D eigenvalue weighted by Crippen LogP contribution is -2.30. The second-order valence-corrected chi connectivity index (χ2v) is 3.76. The summed E-state index contributed by atoms with van der Waals surface area (Å²) in [5.41, 5.74) is 0. The van der Waals surface area contributed by atoms with E-state index in [0.717, 1.165) is 12.8 Å². The molecular weight excluding hydrogens is 171 g/mol. The molecule has 1 aliphatic carbocycles. The molecule has 13 heavy (non-hydrogen) atoms. The van der Waals surface area contributed by atoms with Crippen LogP contribution in [0.1, 0.15) is 33.1 Å². The number of rotatable bonds is 2. The van der Waals surface area contributed by atoms with Crippen LogP contribution in [-0.2, 0) is 9.53 Å². The van der Waals surface area contributed by atoms with Crippen molar-refractivity contribution in [2.75, 3.05) is 6.61 Å². The highest BCUT2D eigenvalue weighted by Gasteiger charge is 2.32. The van der Waals surface area contributed by atoms with Gasteiger partial charge in [-0.1, -0.05) is 6.92 Å². The van der Waals surface area contributed by atoms with Gasteiger partial charge in [0.05, 0.1) is 12.5 Å². The molecule has 3 unspecified atom stereocenters. The van der Waals surface area contributed by atoms with Crippen LogP contribution in [0.5, 0.6) is 0 Å². The van der Waals surface area contributed by atoms with Crippen molar-refractivity contribution in [3.8, 4) is 0 Å². The second-order valence-electron chi connectivity index (χ2n) is 3.76. The van der Waals surface area contributed by atoms with E-state index in [9.17, 15) is 9.18 Å². The van der Waals surface area contributed by atoms with E-state index >= 15 is 0 Å². The van der Waals surface area contributed by atoms with Crippen molar-refractivity contribution >= 4 is 5.97 Å². The standard InChI is InChI=1S/C10H17FO2/c1-3-13-10(12)8-5-4-7(2)9(11)6-8/h7-9H,3-6H2,1-2H3. The molecule has 0 heterocycles. The number of halogens is 1. The van der Waals surface area contributed by atoms with Crippen LogP contribution in [0.15, 0.2) is 0 Å². The van der Waals surface area contributed by atoms with E-state index in [-0.39, 0.29) is 17.8 Å². The maximum Gasteiger partial charge on any atom is 0.309 e. The van der Waals surface area contributed by atoms with Gasteiger partial charge in [0.1, 0.15) is 6.17 Å². The normalized spacial score (nSPS) is 34.2. The van der Waals surface area contributed by atoms with Crippen molar-refractivity contribution in [2.45, 2.75) is 39.3 Å². The van der Waals surface area contributed by atoms with Crippen molar-refractivity contribution in [2.24, 2.45) is 11.8 Å². The maximum absolute atomic E-state index is 13.2. The molecule has 1 saturated carbocycles. The Morgan fingerprint density at radius 3 is 2.77 bits per heavy atom. The van der Waals surface area contributed by atoms with E-state index in [1.165, 1.54) is 0 Å². The highest BCUT2D eigenvalue weighted by molar-refractivity contribution is 5.72. The summed E-state index contributed by atoms with van der Waals surface area (Å²) in [6, 6.07) is 0. The number of hydrogen-bond acceptors (Lipinski definition) is 2. The molecule has 0 spiro atoms. The summed E-state index contributed by atoms with van der Waals surface area (Å²) in [5, 5.41) is 0. The van der Waals surface area contributed by atoms with Gasteiger partial charge in [0.15, 0.2) is 0 Å². The van der Waals surface area contributed by atoms with Crippen LogP contribution in [0.25, 0.3) is 0 Å². The number of ether oxygens (including phenoxy) is 1. The maximum atomic E-state index is 13.2.